The number of carbonyl (C=O) groups excluding carboxylic acids is 1. The van der Waals surface area contributed by atoms with E-state index in [1.165, 1.54) is 30.7 Å². The van der Waals surface area contributed by atoms with Gasteiger partial charge in [0, 0.05) is 43.8 Å². The second-order valence-electron chi connectivity index (χ2n) is 9.59. The van der Waals surface area contributed by atoms with E-state index in [1.54, 1.807) is 24.0 Å². The van der Waals surface area contributed by atoms with E-state index in [9.17, 15) is 22.8 Å². The maximum atomic E-state index is 13.8. The van der Waals surface area contributed by atoms with Crippen molar-refractivity contribution in [1.29, 1.82) is 0 Å². The number of hydrogen-bond acceptors (Lipinski definition) is 5. The highest BCUT2D eigenvalue weighted by Crippen LogP contribution is 2.40. The van der Waals surface area contributed by atoms with E-state index in [0.29, 0.717) is 49.2 Å². The number of rotatable bonds is 6. The van der Waals surface area contributed by atoms with Crippen LogP contribution in [0.25, 0.3) is 5.57 Å². The molecule has 0 radical (unpaired) electrons. The Kier molecular flexibility index (Phi) is 7.86. The molecule has 202 valence electrons. The molecule has 4 rings (SSSR count). The van der Waals surface area contributed by atoms with E-state index >= 15 is 0 Å². The van der Waals surface area contributed by atoms with E-state index in [-0.39, 0.29) is 17.3 Å². The summed E-state index contributed by atoms with van der Waals surface area (Å²) in [5, 5.41) is 12.9. The van der Waals surface area contributed by atoms with Crippen LogP contribution in [0.3, 0.4) is 0 Å². The molecule has 1 N–H and O–H groups in total. The van der Waals surface area contributed by atoms with Crippen LogP contribution in [0.2, 0.25) is 0 Å². The third-order valence-electron chi connectivity index (χ3n) is 7.37. The molecule has 2 fully saturated rings. The number of carboxylic acids is 1. The number of nitrogens with zero attached hydrogens (tertiary/aromatic N) is 5. The van der Waals surface area contributed by atoms with Gasteiger partial charge in [0.25, 0.3) is 0 Å². The lowest BCUT2D eigenvalue weighted by atomic mass is 9.84. The summed E-state index contributed by atoms with van der Waals surface area (Å²) in [6.07, 6.45) is 4.56. The first kappa shape index (κ1) is 27.3. The molecule has 2 saturated heterocycles. The van der Waals surface area contributed by atoms with Crippen LogP contribution >= 0.6 is 0 Å². The van der Waals surface area contributed by atoms with Crippen LogP contribution in [0.1, 0.15) is 59.8 Å². The summed E-state index contributed by atoms with van der Waals surface area (Å²) >= 11 is 0. The maximum Gasteiger partial charge on any atom is 0.416 e. The van der Waals surface area contributed by atoms with Gasteiger partial charge >= 0.3 is 18.2 Å². The van der Waals surface area contributed by atoms with Crippen LogP contribution in [0.4, 0.5) is 18.0 Å². The van der Waals surface area contributed by atoms with Crippen molar-refractivity contribution in [2.24, 2.45) is 4.99 Å². The topological polar surface area (TPSA) is 91.0 Å². The number of amides is 1. The fourth-order valence-electron chi connectivity index (χ4n) is 5.39. The molecule has 1 aromatic heterocycles. The Bertz CT molecular complexity index is 1270. The number of aromatic carboxylic acids is 1. The van der Waals surface area contributed by atoms with Crippen molar-refractivity contribution in [1.82, 2.24) is 19.6 Å². The van der Waals surface area contributed by atoms with Gasteiger partial charge in [-0.2, -0.15) is 23.0 Å². The summed E-state index contributed by atoms with van der Waals surface area (Å²) in [5.41, 5.74) is 0.464. The van der Waals surface area contributed by atoms with Gasteiger partial charge in [-0.05, 0) is 80.1 Å². The van der Waals surface area contributed by atoms with Gasteiger partial charge in [-0.25, -0.2) is 9.59 Å². The lowest BCUT2D eigenvalue weighted by molar-refractivity contribution is -0.137. The minimum Gasteiger partial charge on any atom is -0.476 e. The molecule has 8 nitrogen and oxygen atoms in total. The highest BCUT2D eigenvalue weighted by molar-refractivity contribution is 6.10. The van der Waals surface area contributed by atoms with Crippen molar-refractivity contribution >= 4 is 23.8 Å². The van der Waals surface area contributed by atoms with Crippen LogP contribution in [0, 0.1) is 0 Å². The summed E-state index contributed by atoms with van der Waals surface area (Å²) in [6.45, 7) is 7.30. The molecule has 11 heteroatoms. The number of piperidine rings is 1. The van der Waals surface area contributed by atoms with Gasteiger partial charge in [-0.1, -0.05) is 12.7 Å². The molecule has 2 aliphatic rings. The molecule has 2 aromatic rings. The predicted molar refractivity (Wildman–Crippen MR) is 137 cm³/mol. The Labute approximate surface area is 218 Å². The molecule has 0 atom stereocenters. The average molecular weight is 530 g/mol. The molecule has 0 saturated carbocycles. The van der Waals surface area contributed by atoms with Crippen molar-refractivity contribution < 1.29 is 27.9 Å². The smallest absolute Gasteiger partial charge is 0.416 e. The largest absolute Gasteiger partial charge is 0.476 e. The Morgan fingerprint density at radius 1 is 1.18 bits per heavy atom. The van der Waals surface area contributed by atoms with Gasteiger partial charge in [0.2, 0.25) is 0 Å². The van der Waals surface area contributed by atoms with E-state index in [4.69, 9.17) is 5.11 Å². The molecule has 2 aliphatic heterocycles. The van der Waals surface area contributed by atoms with Gasteiger partial charge in [0.1, 0.15) is 0 Å². The van der Waals surface area contributed by atoms with Gasteiger partial charge in [0.15, 0.2) is 5.69 Å². The van der Waals surface area contributed by atoms with Crippen molar-refractivity contribution in [2.45, 2.75) is 50.9 Å². The summed E-state index contributed by atoms with van der Waals surface area (Å²) in [7, 11) is 0. The maximum absolute atomic E-state index is 13.8. The van der Waals surface area contributed by atoms with Crippen molar-refractivity contribution in [3.8, 4) is 0 Å². The van der Waals surface area contributed by atoms with Crippen LogP contribution in [-0.2, 0) is 12.7 Å². The van der Waals surface area contributed by atoms with Gasteiger partial charge in [-0.15, -0.1) is 0 Å². The molecule has 0 unspecified atom stereocenters. The first-order valence-electron chi connectivity index (χ1n) is 12.4. The van der Waals surface area contributed by atoms with E-state index in [0.717, 1.165) is 30.1 Å². The number of alkyl halides is 3. The third kappa shape index (κ3) is 5.72. The number of carbonyl (C=O) groups is 2. The molecule has 1 amide bonds. The molecular weight excluding hydrogens is 499 g/mol. The minimum atomic E-state index is -4.49. The summed E-state index contributed by atoms with van der Waals surface area (Å²) in [5.74, 6) is -1.21. The number of allylic oxidation sites excluding steroid dienone is 2. The number of benzene rings is 1. The normalized spacial score (nSPS) is 18.4. The molecule has 1 aromatic carbocycles. The van der Waals surface area contributed by atoms with Crippen molar-refractivity contribution in [2.75, 3.05) is 19.6 Å². The summed E-state index contributed by atoms with van der Waals surface area (Å²) in [4.78, 5) is 31.8. The quantitative estimate of drug-likeness (QED) is 0.512. The Morgan fingerprint density at radius 2 is 1.92 bits per heavy atom. The van der Waals surface area contributed by atoms with Crippen molar-refractivity contribution in [3.05, 3.63) is 71.7 Å². The molecule has 0 aliphatic carbocycles. The second-order valence-corrected chi connectivity index (χ2v) is 9.59. The highest BCUT2D eigenvalue weighted by Gasteiger charge is 2.44. The Balaban J connectivity index is 1.52. The first-order valence-corrected chi connectivity index (χ1v) is 12.4. The van der Waals surface area contributed by atoms with E-state index in [2.05, 4.69) is 21.6 Å². The van der Waals surface area contributed by atoms with E-state index < -0.39 is 17.7 Å². The summed E-state index contributed by atoms with van der Waals surface area (Å²) in [6, 6.07) is 5.02. The van der Waals surface area contributed by atoms with Gasteiger partial charge in [0.05, 0.1) is 5.56 Å². The fourth-order valence-corrected chi connectivity index (χ4v) is 5.39. The highest BCUT2D eigenvalue weighted by atomic mass is 19.4. The van der Waals surface area contributed by atoms with Crippen molar-refractivity contribution in [3.63, 3.8) is 0 Å². The molecular formula is C27H30F3N5O3. The lowest BCUT2D eigenvalue weighted by Crippen LogP contribution is -2.53. The van der Waals surface area contributed by atoms with E-state index in [1.807, 2.05) is 0 Å². The van der Waals surface area contributed by atoms with Crippen LogP contribution in [0.5, 0.6) is 0 Å². The Morgan fingerprint density at radius 3 is 2.53 bits per heavy atom. The Hall–Kier alpha value is -3.73. The predicted octanol–water partition coefficient (Wildman–Crippen LogP) is 5.32. The third-order valence-corrected chi connectivity index (χ3v) is 7.37. The lowest BCUT2D eigenvalue weighted by Gasteiger charge is -2.45. The number of aromatic nitrogens is 2. The average Bonchev–Trinajstić information content (AvgIpc) is 3.52. The number of hydrogen-bond donors (Lipinski definition) is 1. The molecule has 0 bridgehead atoms. The fraction of sp³-hybridized carbons (Fsp3) is 0.407. The van der Waals surface area contributed by atoms with Crippen LogP contribution in [0.15, 0.2) is 54.3 Å². The number of halogens is 3. The SMILES string of the molecule is C=CN=C/C(=C\C)c1cc(CN2CCCC23CCN(C(=O)n2ccc(C(=O)O)n2)CC3)cc(C(F)(F)F)c1. The monoisotopic (exact) mass is 529 g/mol. The molecule has 3 heterocycles. The zero-order valence-electron chi connectivity index (χ0n) is 21.1. The van der Waals surface area contributed by atoms with Crippen LogP contribution < -0.4 is 0 Å². The molecule has 38 heavy (non-hydrogen) atoms. The van der Waals surface area contributed by atoms with Crippen LogP contribution in [-0.4, -0.2) is 68.1 Å². The summed E-state index contributed by atoms with van der Waals surface area (Å²) < 4.78 is 42.4. The molecule has 1 spiro atoms. The zero-order chi connectivity index (χ0) is 27.5. The number of carboxylic acid groups (broad SMARTS) is 1. The number of aliphatic imine (C=N–C) groups is 1. The second kappa shape index (κ2) is 10.9. The standard InChI is InChI=1S/C27H30F3N5O3/c1-3-20(17-31-4-2)21-14-19(15-22(16-21)27(28,29)30)18-34-10-5-7-26(34)8-12-33(13-9-26)25(38)35-11-6-23(32-35)24(36)37/h3-4,6,11,14-17H,2,5,7-10,12-13,18H2,1H3,(H,36,37)/b20-3+,31-17?. The number of likely N-dealkylation sites (tertiary alicyclic amines) is 2. The minimum absolute atomic E-state index is 0.203. The zero-order valence-corrected chi connectivity index (χ0v) is 21.1. The first-order chi connectivity index (χ1) is 18.1. The van der Waals surface area contributed by atoms with Gasteiger partial charge in [-0.3, -0.25) is 9.89 Å². The van der Waals surface area contributed by atoms with Gasteiger partial charge < -0.3 is 10.0 Å².